The largest absolute Gasteiger partial charge is 0.350 e. The van der Waals surface area contributed by atoms with E-state index in [0.717, 1.165) is 48.4 Å². The molecule has 0 spiro atoms. The smallest absolute Gasteiger partial charge is 0.259 e. The van der Waals surface area contributed by atoms with Crippen molar-refractivity contribution in [1.82, 2.24) is 14.4 Å². The lowest BCUT2D eigenvalue weighted by molar-refractivity contribution is 0.0758. The van der Waals surface area contributed by atoms with Crippen LogP contribution in [0, 0.1) is 0 Å². The first-order valence-electron chi connectivity index (χ1n) is 12.7. The molecule has 6 nitrogen and oxygen atoms in total. The maximum atomic E-state index is 13.6. The van der Waals surface area contributed by atoms with Gasteiger partial charge in [-0.2, -0.15) is 0 Å². The molecule has 1 aliphatic rings. The van der Waals surface area contributed by atoms with Crippen LogP contribution in [0.15, 0.2) is 59.7 Å². The van der Waals surface area contributed by atoms with Gasteiger partial charge in [-0.3, -0.25) is 14.4 Å². The summed E-state index contributed by atoms with van der Waals surface area (Å²) in [6.45, 7) is 5.75. The Morgan fingerprint density at radius 1 is 0.943 bits per heavy atom. The van der Waals surface area contributed by atoms with Gasteiger partial charge in [0, 0.05) is 45.1 Å². The second-order valence-electron chi connectivity index (χ2n) is 9.63. The van der Waals surface area contributed by atoms with Crippen molar-refractivity contribution in [2.24, 2.45) is 0 Å². The van der Waals surface area contributed by atoms with Crippen molar-refractivity contribution in [2.75, 3.05) is 20.1 Å². The van der Waals surface area contributed by atoms with Crippen LogP contribution in [0.3, 0.4) is 0 Å². The standard InChI is InChI=1S/C29H35N3O3/c1-4-21(2)32-19-25(27(33)26(20-32)29(35)31-16-9-5-6-10-17-31)28(34)30(3)18-23-14-11-13-22-12-7-8-15-24(22)23/h7-8,11-15,19-21H,4-6,9-10,16-18H2,1-3H3/t21-/m1/s1. The Hall–Kier alpha value is -3.41. The van der Waals surface area contributed by atoms with Crippen LogP contribution in [-0.2, 0) is 6.54 Å². The van der Waals surface area contributed by atoms with Gasteiger partial charge in [0.05, 0.1) is 0 Å². The van der Waals surface area contributed by atoms with Gasteiger partial charge in [0.15, 0.2) is 0 Å². The summed E-state index contributed by atoms with van der Waals surface area (Å²) in [6, 6.07) is 14.1. The zero-order valence-corrected chi connectivity index (χ0v) is 21.0. The number of aromatic nitrogens is 1. The van der Waals surface area contributed by atoms with Crippen molar-refractivity contribution in [3.05, 3.63) is 81.8 Å². The molecular formula is C29H35N3O3. The average molecular weight is 474 g/mol. The van der Waals surface area contributed by atoms with Crippen LogP contribution in [0.1, 0.15) is 78.3 Å². The summed E-state index contributed by atoms with van der Waals surface area (Å²) in [5, 5.41) is 2.19. The molecular weight excluding hydrogens is 438 g/mol. The highest BCUT2D eigenvalue weighted by atomic mass is 16.2. The number of benzene rings is 2. The number of nitrogens with zero attached hydrogens (tertiary/aromatic N) is 3. The number of fused-ring (bicyclic) bond motifs is 1. The van der Waals surface area contributed by atoms with E-state index in [1.54, 1.807) is 29.2 Å². The summed E-state index contributed by atoms with van der Waals surface area (Å²) in [5.74, 6) is -0.634. The van der Waals surface area contributed by atoms with Crippen LogP contribution in [0.4, 0.5) is 0 Å². The van der Waals surface area contributed by atoms with E-state index in [4.69, 9.17) is 0 Å². The predicted octanol–water partition coefficient (Wildman–Crippen LogP) is 5.26. The normalized spacial score (nSPS) is 15.0. The second kappa shape index (κ2) is 10.9. The van der Waals surface area contributed by atoms with Gasteiger partial charge in [0.25, 0.3) is 11.8 Å². The minimum atomic E-state index is -0.478. The van der Waals surface area contributed by atoms with Gasteiger partial charge in [0.2, 0.25) is 5.43 Å². The van der Waals surface area contributed by atoms with Crippen molar-refractivity contribution in [1.29, 1.82) is 0 Å². The quantitative estimate of drug-likeness (QED) is 0.491. The number of rotatable bonds is 6. The van der Waals surface area contributed by atoms with Gasteiger partial charge in [-0.1, -0.05) is 62.2 Å². The zero-order valence-electron chi connectivity index (χ0n) is 21.0. The third-order valence-electron chi connectivity index (χ3n) is 7.13. The monoisotopic (exact) mass is 473 g/mol. The second-order valence-corrected chi connectivity index (χ2v) is 9.63. The van der Waals surface area contributed by atoms with E-state index in [1.165, 1.54) is 0 Å². The molecule has 3 aromatic rings. The molecule has 1 saturated heterocycles. The summed E-state index contributed by atoms with van der Waals surface area (Å²) in [6.07, 6.45) is 8.16. The maximum absolute atomic E-state index is 13.6. The number of carbonyl (C=O) groups is 2. The molecule has 1 aromatic heterocycles. The SMILES string of the molecule is CC[C@@H](C)n1cc(C(=O)N(C)Cc2cccc3ccccc23)c(=O)c(C(=O)N2CCCCCC2)c1. The summed E-state index contributed by atoms with van der Waals surface area (Å²) < 4.78 is 1.85. The van der Waals surface area contributed by atoms with Gasteiger partial charge in [0.1, 0.15) is 11.1 Å². The summed E-state index contributed by atoms with van der Waals surface area (Å²) in [7, 11) is 1.71. The minimum Gasteiger partial charge on any atom is -0.350 e. The van der Waals surface area contributed by atoms with Crippen LogP contribution in [0.25, 0.3) is 10.8 Å². The Kier molecular flexibility index (Phi) is 7.69. The Morgan fingerprint density at radius 3 is 2.31 bits per heavy atom. The molecule has 0 saturated carbocycles. The first kappa shape index (κ1) is 24.7. The molecule has 35 heavy (non-hydrogen) atoms. The Morgan fingerprint density at radius 2 is 1.60 bits per heavy atom. The molecule has 184 valence electrons. The van der Waals surface area contributed by atoms with Gasteiger partial charge in [-0.15, -0.1) is 0 Å². The topological polar surface area (TPSA) is 62.6 Å². The Bertz CT molecular complexity index is 1270. The highest BCUT2D eigenvalue weighted by molar-refractivity contribution is 5.99. The average Bonchev–Trinajstić information content (AvgIpc) is 3.17. The van der Waals surface area contributed by atoms with Crippen LogP contribution < -0.4 is 5.43 Å². The Balaban J connectivity index is 1.69. The third kappa shape index (κ3) is 5.31. The number of hydrogen-bond acceptors (Lipinski definition) is 3. The highest BCUT2D eigenvalue weighted by Crippen LogP contribution is 2.21. The van der Waals surface area contributed by atoms with E-state index in [2.05, 4.69) is 0 Å². The number of likely N-dealkylation sites (tertiary alicyclic amines) is 1. The van der Waals surface area contributed by atoms with Crippen molar-refractivity contribution < 1.29 is 9.59 Å². The number of amides is 2. The molecule has 2 heterocycles. The van der Waals surface area contributed by atoms with Crippen molar-refractivity contribution in [3.8, 4) is 0 Å². The third-order valence-corrected chi connectivity index (χ3v) is 7.13. The molecule has 0 unspecified atom stereocenters. The van der Waals surface area contributed by atoms with Crippen molar-refractivity contribution >= 4 is 22.6 Å². The fourth-order valence-corrected chi connectivity index (χ4v) is 4.78. The summed E-state index contributed by atoms with van der Waals surface area (Å²) in [5.41, 5.74) is 0.678. The molecule has 2 aromatic carbocycles. The van der Waals surface area contributed by atoms with E-state index in [0.29, 0.717) is 19.6 Å². The maximum Gasteiger partial charge on any atom is 0.259 e. The number of pyridine rings is 1. The van der Waals surface area contributed by atoms with Gasteiger partial charge < -0.3 is 14.4 Å². The number of carbonyl (C=O) groups excluding carboxylic acids is 2. The lowest BCUT2D eigenvalue weighted by Crippen LogP contribution is -2.38. The molecule has 0 aliphatic carbocycles. The van der Waals surface area contributed by atoms with Crippen LogP contribution in [-0.4, -0.2) is 46.3 Å². The van der Waals surface area contributed by atoms with E-state index in [-0.39, 0.29) is 29.0 Å². The van der Waals surface area contributed by atoms with Gasteiger partial charge in [-0.05, 0) is 42.5 Å². The van der Waals surface area contributed by atoms with E-state index in [9.17, 15) is 14.4 Å². The van der Waals surface area contributed by atoms with Crippen molar-refractivity contribution in [3.63, 3.8) is 0 Å². The van der Waals surface area contributed by atoms with Crippen LogP contribution in [0.2, 0.25) is 0 Å². The predicted molar refractivity (Wildman–Crippen MR) is 140 cm³/mol. The highest BCUT2D eigenvalue weighted by Gasteiger charge is 2.26. The Labute approximate surface area is 207 Å². The molecule has 2 amide bonds. The molecule has 1 atom stereocenters. The summed E-state index contributed by atoms with van der Waals surface area (Å²) in [4.78, 5) is 43.8. The van der Waals surface area contributed by atoms with E-state index in [1.807, 2.05) is 60.9 Å². The first-order chi connectivity index (χ1) is 16.9. The molecule has 1 fully saturated rings. The minimum absolute atomic E-state index is 0.0497. The van der Waals surface area contributed by atoms with Crippen molar-refractivity contribution in [2.45, 2.75) is 58.5 Å². The number of hydrogen-bond donors (Lipinski definition) is 0. The fourth-order valence-electron chi connectivity index (χ4n) is 4.78. The zero-order chi connectivity index (χ0) is 24.9. The van der Waals surface area contributed by atoms with Crippen LogP contribution in [0.5, 0.6) is 0 Å². The first-order valence-corrected chi connectivity index (χ1v) is 12.7. The molecule has 4 rings (SSSR count). The lowest BCUT2D eigenvalue weighted by atomic mass is 10.0. The molecule has 6 heteroatoms. The van der Waals surface area contributed by atoms with E-state index < -0.39 is 5.43 Å². The molecule has 0 N–H and O–H groups in total. The van der Waals surface area contributed by atoms with Crippen LogP contribution >= 0.6 is 0 Å². The van der Waals surface area contributed by atoms with Gasteiger partial charge in [-0.25, -0.2) is 0 Å². The van der Waals surface area contributed by atoms with E-state index >= 15 is 0 Å². The summed E-state index contributed by atoms with van der Waals surface area (Å²) >= 11 is 0. The van der Waals surface area contributed by atoms with Gasteiger partial charge >= 0.3 is 0 Å². The molecule has 0 radical (unpaired) electrons. The molecule has 0 bridgehead atoms. The lowest BCUT2D eigenvalue weighted by Gasteiger charge is -2.23. The fraction of sp³-hybridized carbons (Fsp3) is 0.414. The molecule has 1 aliphatic heterocycles.